The first kappa shape index (κ1) is 16.5. The summed E-state index contributed by atoms with van der Waals surface area (Å²) in [5.41, 5.74) is 1.91. The van der Waals surface area contributed by atoms with Crippen LogP contribution < -0.4 is 10.9 Å². The Bertz CT molecular complexity index is 1240. The van der Waals surface area contributed by atoms with Gasteiger partial charge in [0, 0.05) is 33.3 Å². The van der Waals surface area contributed by atoms with Gasteiger partial charge in [-0.05, 0) is 49.2 Å². The van der Waals surface area contributed by atoms with E-state index in [1.54, 1.807) is 37.3 Å². The number of benzene rings is 2. The van der Waals surface area contributed by atoms with Gasteiger partial charge in [-0.3, -0.25) is 4.79 Å². The Kier molecular flexibility index (Phi) is 3.85. The highest BCUT2D eigenvalue weighted by molar-refractivity contribution is 7.21. The van der Waals surface area contributed by atoms with Crippen molar-refractivity contribution in [1.82, 2.24) is 0 Å². The number of fused-ring (bicyclic) bond motifs is 2. The first-order valence-electron chi connectivity index (χ1n) is 7.97. The van der Waals surface area contributed by atoms with Gasteiger partial charge in [0.1, 0.15) is 11.4 Å². The van der Waals surface area contributed by atoms with E-state index in [2.05, 4.69) is 5.32 Å². The minimum Gasteiger partial charge on any atom is -0.423 e. The fourth-order valence-corrected chi connectivity index (χ4v) is 4.18. The van der Waals surface area contributed by atoms with Gasteiger partial charge >= 0.3 is 5.63 Å². The highest BCUT2D eigenvalue weighted by Crippen LogP contribution is 2.33. The van der Waals surface area contributed by atoms with Crippen LogP contribution in [0.2, 0.25) is 0 Å². The van der Waals surface area contributed by atoms with Gasteiger partial charge in [-0.15, -0.1) is 11.3 Å². The number of carbonyl (C=O) groups is 1. The summed E-state index contributed by atoms with van der Waals surface area (Å²) in [5.74, 6) is -0.657. The Morgan fingerprint density at radius 2 is 1.96 bits per heavy atom. The van der Waals surface area contributed by atoms with Crippen molar-refractivity contribution in [2.24, 2.45) is 0 Å². The third-order valence-electron chi connectivity index (χ3n) is 4.32. The summed E-state index contributed by atoms with van der Waals surface area (Å²) in [4.78, 5) is 24.7. The molecule has 2 heterocycles. The molecule has 0 radical (unpaired) electrons. The van der Waals surface area contributed by atoms with Crippen LogP contribution in [0.3, 0.4) is 0 Å². The van der Waals surface area contributed by atoms with Gasteiger partial charge in [0.2, 0.25) is 0 Å². The van der Waals surface area contributed by atoms with Crippen LogP contribution >= 0.6 is 11.3 Å². The number of aryl methyl sites for hydroxylation is 2. The van der Waals surface area contributed by atoms with Gasteiger partial charge < -0.3 is 9.73 Å². The molecule has 26 heavy (non-hydrogen) atoms. The fourth-order valence-electron chi connectivity index (χ4n) is 3.06. The number of rotatable bonds is 2. The number of halogens is 1. The van der Waals surface area contributed by atoms with E-state index in [-0.39, 0.29) is 11.7 Å². The maximum absolute atomic E-state index is 14.0. The van der Waals surface area contributed by atoms with Crippen molar-refractivity contribution >= 4 is 44.0 Å². The molecule has 1 amide bonds. The highest BCUT2D eigenvalue weighted by atomic mass is 32.1. The van der Waals surface area contributed by atoms with E-state index in [9.17, 15) is 14.0 Å². The summed E-state index contributed by atoms with van der Waals surface area (Å²) in [6.45, 7) is 3.56. The molecule has 1 N–H and O–H groups in total. The second-order valence-electron chi connectivity index (χ2n) is 6.08. The molecule has 4 rings (SSSR count). The van der Waals surface area contributed by atoms with Crippen molar-refractivity contribution in [3.8, 4) is 0 Å². The summed E-state index contributed by atoms with van der Waals surface area (Å²) in [7, 11) is 0. The number of nitrogens with one attached hydrogen (secondary N) is 1. The van der Waals surface area contributed by atoms with Crippen molar-refractivity contribution in [2.75, 3.05) is 5.32 Å². The Labute approximate surface area is 151 Å². The number of anilines is 1. The van der Waals surface area contributed by atoms with Gasteiger partial charge in [-0.2, -0.15) is 0 Å². The zero-order valence-corrected chi connectivity index (χ0v) is 14.9. The van der Waals surface area contributed by atoms with Gasteiger partial charge in [-0.25, -0.2) is 9.18 Å². The average Bonchev–Trinajstić information content (AvgIpc) is 2.92. The molecule has 0 spiro atoms. The lowest BCUT2D eigenvalue weighted by Crippen LogP contribution is -2.11. The zero-order valence-electron chi connectivity index (χ0n) is 14.1. The summed E-state index contributed by atoms with van der Waals surface area (Å²) in [6, 6.07) is 11.4. The third-order valence-corrected chi connectivity index (χ3v) is 5.57. The molecule has 2 aromatic heterocycles. The topological polar surface area (TPSA) is 59.3 Å². The molecule has 0 saturated carbocycles. The van der Waals surface area contributed by atoms with Gasteiger partial charge in [0.05, 0.1) is 4.88 Å². The fraction of sp³-hybridized carbons (Fsp3) is 0.100. The minimum absolute atomic E-state index is 0.322. The second-order valence-corrected chi connectivity index (χ2v) is 7.13. The number of thiophene rings is 1. The maximum atomic E-state index is 14.0. The van der Waals surface area contributed by atoms with Crippen LogP contribution in [0.5, 0.6) is 0 Å². The minimum atomic E-state index is -0.436. The van der Waals surface area contributed by atoms with Crippen LogP contribution in [0.4, 0.5) is 10.1 Å². The molecule has 0 aliphatic heterocycles. The quantitative estimate of drug-likeness (QED) is 0.506. The molecule has 0 aliphatic carbocycles. The second kappa shape index (κ2) is 6.07. The van der Waals surface area contributed by atoms with Crippen molar-refractivity contribution in [2.45, 2.75) is 13.8 Å². The van der Waals surface area contributed by atoms with Crippen LogP contribution in [0.1, 0.15) is 20.8 Å². The molecule has 130 valence electrons. The third kappa shape index (κ3) is 2.68. The molecule has 0 fully saturated rings. The van der Waals surface area contributed by atoms with Crippen LogP contribution in [-0.4, -0.2) is 5.91 Å². The number of hydrogen-bond donors (Lipinski definition) is 1. The molecular formula is C20H14FNO3S. The van der Waals surface area contributed by atoms with E-state index in [1.807, 2.05) is 6.92 Å². The standard InChI is InChI=1S/C20H14FNO3S/c1-10-8-17(23)25-15-9-12(6-7-13(10)15)22-20(24)19-11(2)18-14(21)4-3-5-16(18)26-19/h3-9H,1-2H3,(H,22,24). The molecule has 0 bridgehead atoms. The van der Waals surface area contributed by atoms with E-state index in [4.69, 9.17) is 4.42 Å². The first-order chi connectivity index (χ1) is 12.4. The Balaban J connectivity index is 1.73. The van der Waals surface area contributed by atoms with Crippen molar-refractivity contribution in [1.29, 1.82) is 0 Å². The monoisotopic (exact) mass is 367 g/mol. The van der Waals surface area contributed by atoms with E-state index >= 15 is 0 Å². The van der Waals surface area contributed by atoms with Crippen LogP contribution in [-0.2, 0) is 0 Å². The van der Waals surface area contributed by atoms with Crippen LogP contribution in [0.15, 0.2) is 51.7 Å². The smallest absolute Gasteiger partial charge is 0.336 e. The molecule has 2 aromatic carbocycles. The van der Waals surface area contributed by atoms with Gasteiger partial charge in [0.15, 0.2) is 0 Å². The maximum Gasteiger partial charge on any atom is 0.336 e. The molecule has 0 saturated heterocycles. The SMILES string of the molecule is Cc1cc(=O)oc2cc(NC(=O)c3sc4cccc(F)c4c3C)ccc12. The van der Waals surface area contributed by atoms with E-state index < -0.39 is 5.63 Å². The number of hydrogen-bond acceptors (Lipinski definition) is 4. The molecule has 4 nitrogen and oxygen atoms in total. The van der Waals surface area contributed by atoms with Crippen LogP contribution in [0.25, 0.3) is 21.1 Å². The zero-order chi connectivity index (χ0) is 18.4. The summed E-state index contributed by atoms with van der Waals surface area (Å²) < 4.78 is 20.0. The lowest BCUT2D eigenvalue weighted by molar-refractivity contribution is 0.103. The van der Waals surface area contributed by atoms with Crippen molar-refractivity contribution in [3.05, 3.63) is 74.7 Å². The van der Waals surface area contributed by atoms with E-state index in [0.29, 0.717) is 27.1 Å². The Hall–Kier alpha value is -2.99. The van der Waals surface area contributed by atoms with Gasteiger partial charge in [0.25, 0.3) is 5.91 Å². The predicted molar refractivity (Wildman–Crippen MR) is 102 cm³/mol. The molecular weight excluding hydrogens is 353 g/mol. The first-order valence-corrected chi connectivity index (χ1v) is 8.79. The van der Waals surface area contributed by atoms with Gasteiger partial charge in [-0.1, -0.05) is 6.07 Å². The summed E-state index contributed by atoms with van der Waals surface area (Å²) in [5, 5.41) is 4.08. The molecule has 0 aliphatic rings. The lowest BCUT2D eigenvalue weighted by Gasteiger charge is -2.06. The molecule has 6 heteroatoms. The van der Waals surface area contributed by atoms with E-state index in [1.165, 1.54) is 23.5 Å². The van der Waals surface area contributed by atoms with Crippen molar-refractivity contribution in [3.63, 3.8) is 0 Å². The lowest BCUT2D eigenvalue weighted by atomic mass is 10.1. The van der Waals surface area contributed by atoms with Crippen LogP contribution in [0, 0.1) is 19.7 Å². The summed E-state index contributed by atoms with van der Waals surface area (Å²) in [6.07, 6.45) is 0. The average molecular weight is 367 g/mol. The Morgan fingerprint density at radius 3 is 2.73 bits per heavy atom. The van der Waals surface area contributed by atoms with Crippen molar-refractivity contribution < 1.29 is 13.6 Å². The molecule has 0 atom stereocenters. The summed E-state index contributed by atoms with van der Waals surface area (Å²) >= 11 is 1.25. The normalized spacial score (nSPS) is 11.2. The van der Waals surface area contributed by atoms with E-state index in [0.717, 1.165) is 15.6 Å². The number of amides is 1. The Morgan fingerprint density at radius 1 is 1.15 bits per heavy atom. The molecule has 0 unspecified atom stereocenters. The largest absolute Gasteiger partial charge is 0.423 e. The molecule has 4 aromatic rings. The number of carbonyl (C=O) groups excluding carboxylic acids is 1. The predicted octanol–water partition coefficient (Wildman–Crippen LogP) is 5.02. The highest BCUT2D eigenvalue weighted by Gasteiger charge is 2.18.